The van der Waals surface area contributed by atoms with Gasteiger partial charge in [0.05, 0.1) is 5.56 Å². The highest BCUT2D eigenvalue weighted by Gasteiger charge is 1.95. The molecule has 0 radical (unpaired) electrons. The van der Waals surface area contributed by atoms with E-state index in [9.17, 15) is 0 Å². The fourth-order valence-electron chi connectivity index (χ4n) is 0.821. The van der Waals surface area contributed by atoms with Crippen LogP contribution in [0, 0.1) is 12.3 Å². The number of benzene rings is 1. The van der Waals surface area contributed by atoms with E-state index in [2.05, 4.69) is 16.3 Å². The molecule has 0 aliphatic carbocycles. The smallest absolute Gasteiger partial charge is 0.103 e. The van der Waals surface area contributed by atoms with Crippen molar-refractivity contribution in [2.24, 2.45) is 10.3 Å². The fourth-order valence-corrected chi connectivity index (χ4v) is 0.821. The second-order valence-corrected chi connectivity index (χ2v) is 2.70. The van der Waals surface area contributed by atoms with Gasteiger partial charge in [0.25, 0.3) is 0 Å². The Balaban J connectivity index is 2.95. The molecule has 0 bridgehead atoms. The SMILES string of the molecule is C#Cc1ccccc1N=NN(C)C. The summed E-state index contributed by atoms with van der Waals surface area (Å²) in [7, 11) is 3.62. The molecule has 66 valence electrons. The van der Waals surface area contributed by atoms with Gasteiger partial charge in [-0.3, -0.25) is 5.01 Å². The van der Waals surface area contributed by atoms with Crippen LogP contribution in [-0.2, 0) is 0 Å². The van der Waals surface area contributed by atoms with Gasteiger partial charge < -0.3 is 0 Å². The minimum Gasteiger partial charge on any atom is -0.285 e. The molecule has 0 unspecified atom stereocenters. The summed E-state index contributed by atoms with van der Waals surface area (Å²) in [4.78, 5) is 0. The Morgan fingerprint density at radius 1 is 1.31 bits per heavy atom. The van der Waals surface area contributed by atoms with Gasteiger partial charge in [-0.25, -0.2) is 0 Å². The Morgan fingerprint density at radius 2 is 2.00 bits per heavy atom. The second-order valence-electron chi connectivity index (χ2n) is 2.70. The summed E-state index contributed by atoms with van der Waals surface area (Å²) >= 11 is 0. The maximum Gasteiger partial charge on any atom is 0.103 e. The molecule has 13 heavy (non-hydrogen) atoms. The van der Waals surface area contributed by atoms with Crippen LogP contribution in [0.15, 0.2) is 34.6 Å². The summed E-state index contributed by atoms with van der Waals surface area (Å²) in [6, 6.07) is 7.43. The van der Waals surface area contributed by atoms with E-state index in [1.54, 1.807) is 5.01 Å². The van der Waals surface area contributed by atoms with Gasteiger partial charge >= 0.3 is 0 Å². The van der Waals surface area contributed by atoms with Gasteiger partial charge in [0, 0.05) is 14.1 Å². The van der Waals surface area contributed by atoms with E-state index < -0.39 is 0 Å². The first-order valence-electron chi connectivity index (χ1n) is 3.88. The molecule has 0 aliphatic heterocycles. The number of rotatable bonds is 2. The molecule has 0 heterocycles. The average Bonchev–Trinajstić information content (AvgIpc) is 2.15. The minimum absolute atomic E-state index is 0.721. The molecular weight excluding hydrogens is 162 g/mol. The molecule has 0 aliphatic rings. The van der Waals surface area contributed by atoms with Crippen LogP contribution in [-0.4, -0.2) is 19.1 Å². The molecule has 3 nitrogen and oxygen atoms in total. The molecule has 0 N–H and O–H groups in total. The number of hydrogen-bond donors (Lipinski definition) is 0. The molecule has 0 saturated heterocycles. The van der Waals surface area contributed by atoms with Crippen LogP contribution in [0.25, 0.3) is 0 Å². The molecule has 0 fully saturated rings. The Bertz CT molecular complexity index is 347. The van der Waals surface area contributed by atoms with Crippen LogP contribution in [0.5, 0.6) is 0 Å². The summed E-state index contributed by atoms with van der Waals surface area (Å²) < 4.78 is 0. The van der Waals surface area contributed by atoms with Crippen molar-refractivity contribution in [3.05, 3.63) is 29.8 Å². The largest absolute Gasteiger partial charge is 0.285 e. The van der Waals surface area contributed by atoms with Crippen molar-refractivity contribution in [2.45, 2.75) is 0 Å². The monoisotopic (exact) mass is 173 g/mol. The van der Waals surface area contributed by atoms with Crippen LogP contribution >= 0.6 is 0 Å². The second kappa shape index (κ2) is 4.27. The Labute approximate surface area is 78.1 Å². The lowest BCUT2D eigenvalue weighted by molar-refractivity contribution is 0.408. The molecule has 0 atom stereocenters. The topological polar surface area (TPSA) is 28.0 Å². The van der Waals surface area contributed by atoms with Crippen LogP contribution in [0.3, 0.4) is 0 Å². The molecule has 1 aromatic carbocycles. The van der Waals surface area contributed by atoms with Gasteiger partial charge in [-0.05, 0) is 12.1 Å². The van der Waals surface area contributed by atoms with Crippen molar-refractivity contribution in [3.8, 4) is 12.3 Å². The van der Waals surface area contributed by atoms with E-state index in [0.717, 1.165) is 11.3 Å². The van der Waals surface area contributed by atoms with E-state index in [0.29, 0.717) is 0 Å². The van der Waals surface area contributed by atoms with Crippen LogP contribution < -0.4 is 0 Å². The zero-order valence-corrected chi connectivity index (χ0v) is 7.73. The summed E-state index contributed by atoms with van der Waals surface area (Å²) in [5.74, 6) is 2.55. The normalized spacial score (nSPS) is 9.92. The van der Waals surface area contributed by atoms with E-state index in [-0.39, 0.29) is 0 Å². The number of nitrogens with zero attached hydrogens (tertiary/aromatic N) is 3. The van der Waals surface area contributed by atoms with E-state index in [1.165, 1.54) is 0 Å². The van der Waals surface area contributed by atoms with E-state index >= 15 is 0 Å². The number of hydrogen-bond acceptors (Lipinski definition) is 2. The van der Waals surface area contributed by atoms with Crippen molar-refractivity contribution < 1.29 is 0 Å². The van der Waals surface area contributed by atoms with Gasteiger partial charge in [-0.2, -0.15) is 0 Å². The van der Waals surface area contributed by atoms with Crippen LogP contribution in [0.2, 0.25) is 0 Å². The van der Waals surface area contributed by atoms with Gasteiger partial charge in [-0.15, -0.1) is 11.5 Å². The highest BCUT2D eigenvalue weighted by Crippen LogP contribution is 2.17. The van der Waals surface area contributed by atoms with E-state index in [1.807, 2.05) is 38.4 Å². The highest BCUT2D eigenvalue weighted by molar-refractivity contribution is 5.53. The van der Waals surface area contributed by atoms with Gasteiger partial charge in [0.2, 0.25) is 0 Å². The van der Waals surface area contributed by atoms with Gasteiger partial charge in [0.1, 0.15) is 5.69 Å². The first-order valence-corrected chi connectivity index (χ1v) is 3.88. The maximum atomic E-state index is 5.29. The first-order chi connectivity index (χ1) is 6.24. The molecule has 3 heteroatoms. The minimum atomic E-state index is 0.721. The van der Waals surface area contributed by atoms with Crippen molar-refractivity contribution in [2.75, 3.05) is 14.1 Å². The summed E-state index contributed by atoms with van der Waals surface area (Å²) in [6.45, 7) is 0. The first kappa shape index (κ1) is 9.27. The summed E-state index contributed by atoms with van der Waals surface area (Å²) in [6.07, 6.45) is 5.29. The lowest BCUT2D eigenvalue weighted by Crippen LogP contribution is -1.98. The predicted octanol–water partition coefficient (Wildman–Crippen LogP) is 2.23. The fraction of sp³-hybridized carbons (Fsp3) is 0.200. The third-order valence-electron chi connectivity index (χ3n) is 1.39. The van der Waals surface area contributed by atoms with E-state index in [4.69, 9.17) is 6.42 Å². The van der Waals surface area contributed by atoms with Crippen molar-refractivity contribution in [3.63, 3.8) is 0 Å². The standard InChI is InChI=1S/C10H11N3/c1-4-9-7-5-6-8-10(9)11-12-13(2)3/h1,5-8H,2-3H3. The lowest BCUT2D eigenvalue weighted by atomic mass is 10.2. The Morgan fingerprint density at radius 3 is 2.62 bits per heavy atom. The van der Waals surface area contributed by atoms with Crippen molar-refractivity contribution in [1.29, 1.82) is 0 Å². The van der Waals surface area contributed by atoms with Crippen LogP contribution in [0.4, 0.5) is 5.69 Å². The summed E-state index contributed by atoms with van der Waals surface area (Å²) in [5, 5.41) is 9.47. The molecule has 0 aromatic heterocycles. The molecule has 0 amide bonds. The Kier molecular flexibility index (Phi) is 3.04. The van der Waals surface area contributed by atoms with Crippen molar-refractivity contribution >= 4 is 5.69 Å². The third-order valence-corrected chi connectivity index (χ3v) is 1.39. The van der Waals surface area contributed by atoms with Gasteiger partial charge in [0.15, 0.2) is 0 Å². The summed E-state index contributed by atoms with van der Waals surface area (Å²) in [5.41, 5.74) is 1.48. The molecule has 1 rings (SSSR count). The Hall–Kier alpha value is -1.82. The lowest BCUT2D eigenvalue weighted by Gasteiger charge is -2.01. The zero-order valence-electron chi connectivity index (χ0n) is 7.73. The average molecular weight is 173 g/mol. The molecule has 0 saturated carbocycles. The zero-order chi connectivity index (χ0) is 9.68. The van der Waals surface area contributed by atoms with Gasteiger partial charge in [-0.1, -0.05) is 23.3 Å². The molecule has 0 spiro atoms. The highest BCUT2D eigenvalue weighted by atomic mass is 15.5. The predicted molar refractivity (Wildman–Crippen MR) is 52.6 cm³/mol. The molecule has 1 aromatic rings. The quantitative estimate of drug-likeness (QED) is 0.383. The van der Waals surface area contributed by atoms with Crippen LogP contribution in [0.1, 0.15) is 5.56 Å². The molecular formula is C10H11N3. The number of terminal acetylenes is 1. The van der Waals surface area contributed by atoms with Crippen molar-refractivity contribution in [1.82, 2.24) is 5.01 Å². The maximum absolute atomic E-state index is 5.29. The third kappa shape index (κ3) is 2.60.